The van der Waals surface area contributed by atoms with Crippen LogP contribution in [0.5, 0.6) is 0 Å². The summed E-state index contributed by atoms with van der Waals surface area (Å²) in [4.78, 5) is 0. The Hall–Kier alpha value is -0.380. The molecule has 0 aromatic heterocycles. The number of ether oxygens (including phenoxy) is 1. The lowest BCUT2D eigenvalue weighted by Gasteiger charge is -2.31. The van der Waals surface area contributed by atoms with Gasteiger partial charge in [-0.3, -0.25) is 0 Å². The zero-order valence-electron chi connectivity index (χ0n) is 9.58. The fourth-order valence-electron chi connectivity index (χ4n) is 1.89. The third-order valence-corrected chi connectivity index (χ3v) is 3.77. The van der Waals surface area contributed by atoms with Crippen molar-refractivity contribution < 1.29 is 4.74 Å². The molecule has 1 aliphatic rings. The largest absolute Gasteiger partial charge is 0.369 e. The second kappa shape index (κ2) is 5.80. The van der Waals surface area contributed by atoms with Gasteiger partial charge in [0.05, 0.1) is 12.2 Å². The lowest BCUT2D eigenvalue weighted by Crippen LogP contribution is -2.29. The Balaban J connectivity index is 2.08. The second-order valence-corrected chi connectivity index (χ2v) is 5.11. The van der Waals surface area contributed by atoms with Gasteiger partial charge in [-0.1, -0.05) is 34.1 Å². The fourth-order valence-corrected chi connectivity index (χ4v) is 2.43. The predicted octanol–water partition coefficient (Wildman–Crippen LogP) is 3.28. The highest BCUT2D eigenvalue weighted by Gasteiger charge is 2.24. The van der Waals surface area contributed by atoms with E-state index < -0.39 is 0 Å². The van der Waals surface area contributed by atoms with Gasteiger partial charge in [0.25, 0.3) is 0 Å². The fraction of sp³-hybridized carbons (Fsp3) is 0.538. The van der Waals surface area contributed by atoms with Crippen LogP contribution in [-0.2, 0) is 4.74 Å². The number of likely N-dealkylation sites (N-methyl/N-ethyl adjacent to an activating group) is 1. The molecule has 2 nitrogen and oxygen atoms in total. The Morgan fingerprint density at radius 3 is 2.75 bits per heavy atom. The van der Waals surface area contributed by atoms with E-state index in [1.165, 1.54) is 24.8 Å². The second-order valence-electron chi connectivity index (χ2n) is 4.26. The molecule has 0 radical (unpaired) electrons. The number of halogens is 1. The maximum Gasteiger partial charge on any atom is 0.0963 e. The van der Waals surface area contributed by atoms with Crippen LogP contribution in [0.3, 0.4) is 0 Å². The van der Waals surface area contributed by atoms with Crippen LogP contribution < -0.4 is 5.32 Å². The molecule has 0 spiro atoms. The zero-order chi connectivity index (χ0) is 11.4. The van der Waals surface area contributed by atoms with Gasteiger partial charge >= 0.3 is 0 Å². The van der Waals surface area contributed by atoms with E-state index in [4.69, 9.17) is 4.74 Å². The van der Waals surface area contributed by atoms with Crippen molar-refractivity contribution in [3.63, 3.8) is 0 Å². The summed E-state index contributed by atoms with van der Waals surface area (Å²) in [5, 5.41) is 3.20. The molecular formula is C13H18BrNO. The minimum absolute atomic E-state index is 0.158. The number of benzene rings is 1. The summed E-state index contributed by atoms with van der Waals surface area (Å²) in [6, 6.07) is 8.30. The van der Waals surface area contributed by atoms with Crippen molar-refractivity contribution in [2.75, 3.05) is 13.6 Å². The quantitative estimate of drug-likeness (QED) is 0.896. The van der Waals surface area contributed by atoms with Gasteiger partial charge in [-0.15, -0.1) is 0 Å². The average Bonchev–Trinajstić information content (AvgIpc) is 2.23. The highest BCUT2D eigenvalue weighted by atomic mass is 79.9. The first-order valence-corrected chi connectivity index (χ1v) is 6.65. The summed E-state index contributed by atoms with van der Waals surface area (Å²) >= 11 is 3.59. The molecule has 1 unspecified atom stereocenters. The van der Waals surface area contributed by atoms with Crippen LogP contribution in [0, 0.1) is 0 Å². The topological polar surface area (TPSA) is 21.3 Å². The van der Waals surface area contributed by atoms with Crippen molar-refractivity contribution in [3.05, 3.63) is 34.3 Å². The summed E-state index contributed by atoms with van der Waals surface area (Å²) in [5.74, 6) is 0. The molecule has 3 heteroatoms. The lowest BCUT2D eigenvalue weighted by molar-refractivity contribution is -0.0516. The molecule has 2 rings (SSSR count). The molecule has 1 fully saturated rings. The summed E-state index contributed by atoms with van der Waals surface area (Å²) in [6.07, 6.45) is 4.36. The molecule has 0 aliphatic heterocycles. The van der Waals surface area contributed by atoms with Crippen molar-refractivity contribution in [2.45, 2.75) is 31.5 Å². The number of nitrogens with one attached hydrogen (secondary N) is 1. The van der Waals surface area contributed by atoms with E-state index in [1.54, 1.807) is 0 Å². The number of rotatable bonds is 5. The Morgan fingerprint density at radius 1 is 1.44 bits per heavy atom. The Bertz CT molecular complexity index is 338. The van der Waals surface area contributed by atoms with E-state index in [0.29, 0.717) is 6.10 Å². The maximum absolute atomic E-state index is 6.10. The van der Waals surface area contributed by atoms with Crippen LogP contribution in [0.2, 0.25) is 0 Å². The van der Waals surface area contributed by atoms with Gasteiger partial charge in [-0.25, -0.2) is 0 Å². The number of hydrogen-bond acceptors (Lipinski definition) is 2. The van der Waals surface area contributed by atoms with E-state index in [9.17, 15) is 0 Å². The van der Waals surface area contributed by atoms with Crippen molar-refractivity contribution in [1.82, 2.24) is 5.32 Å². The first-order chi connectivity index (χ1) is 7.81. The van der Waals surface area contributed by atoms with Crippen LogP contribution in [0.15, 0.2) is 28.7 Å². The van der Waals surface area contributed by atoms with E-state index >= 15 is 0 Å². The maximum atomic E-state index is 6.10. The van der Waals surface area contributed by atoms with E-state index in [1.807, 2.05) is 13.1 Å². The van der Waals surface area contributed by atoms with Gasteiger partial charge in [0.2, 0.25) is 0 Å². The van der Waals surface area contributed by atoms with Gasteiger partial charge in [0.1, 0.15) is 0 Å². The lowest BCUT2D eigenvalue weighted by atomic mass is 9.95. The van der Waals surface area contributed by atoms with Gasteiger partial charge in [0, 0.05) is 11.0 Å². The molecule has 1 saturated carbocycles. The molecule has 1 N–H and O–H groups in total. The first kappa shape index (κ1) is 12.1. The zero-order valence-corrected chi connectivity index (χ0v) is 11.2. The van der Waals surface area contributed by atoms with Crippen molar-refractivity contribution in [3.8, 4) is 0 Å². The SMILES string of the molecule is CNCC(OC1CCC1)c1ccccc1Br. The van der Waals surface area contributed by atoms with E-state index in [0.717, 1.165) is 11.0 Å². The third kappa shape index (κ3) is 2.84. The predicted molar refractivity (Wildman–Crippen MR) is 69.5 cm³/mol. The van der Waals surface area contributed by atoms with Gasteiger partial charge < -0.3 is 10.1 Å². The molecule has 1 aromatic rings. The van der Waals surface area contributed by atoms with Crippen LogP contribution in [-0.4, -0.2) is 19.7 Å². The molecule has 1 aliphatic carbocycles. The summed E-state index contributed by atoms with van der Waals surface area (Å²) < 4.78 is 7.24. The van der Waals surface area contributed by atoms with Crippen LogP contribution in [0.4, 0.5) is 0 Å². The summed E-state index contributed by atoms with van der Waals surface area (Å²) in [5.41, 5.74) is 1.24. The standard InChI is InChI=1S/C13H18BrNO/c1-15-9-13(16-10-5-4-6-10)11-7-2-3-8-12(11)14/h2-3,7-8,10,13,15H,4-6,9H2,1H3. The molecule has 0 heterocycles. The van der Waals surface area contributed by atoms with E-state index in [2.05, 4.69) is 39.4 Å². The van der Waals surface area contributed by atoms with Gasteiger partial charge in [-0.2, -0.15) is 0 Å². The molecule has 16 heavy (non-hydrogen) atoms. The van der Waals surface area contributed by atoms with Crippen molar-refractivity contribution in [2.24, 2.45) is 0 Å². The third-order valence-electron chi connectivity index (χ3n) is 3.05. The molecule has 0 amide bonds. The average molecular weight is 284 g/mol. The van der Waals surface area contributed by atoms with Crippen molar-refractivity contribution in [1.29, 1.82) is 0 Å². The minimum Gasteiger partial charge on any atom is -0.369 e. The highest BCUT2D eigenvalue weighted by molar-refractivity contribution is 9.10. The molecule has 1 aromatic carbocycles. The molecular weight excluding hydrogens is 266 g/mol. The Labute approximate surface area is 106 Å². The summed E-state index contributed by atoms with van der Waals surface area (Å²) in [7, 11) is 1.97. The van der Waals surface area contributed by atoms with Gasteiger partial charge in [-0.05, 0) is 37.9 Å². The van der Waals surface area contributed by atoms with E-state index in [-0.39, 0.29) is 6.10 Å². The molecule has 88 valence electrons. The smallest absolute Gasteiger partial charge is 0.0963 e. The van der Waals surface area contributed by atoms with Crippen LogP contribution in [0.25, 0.3) is 0 Å². The normalized spacial score (nSPS) is 18.1. The molecule has 0 saturated heterocycles. The first-order valence-electron chi connectivity index (χ1n) is 5.85. The minimum atomic E-state index is 0.158. The molecule has 1 atom stereocenters. The summed E-state index contributed by atoms with van der Waals surface area (Å²) in [6.45, 7) is 0.860. The monoisotopic (exact) mass is 283 g/mol. The Morgan fingerprint density at radius 2 is 2.19 bits per heavy atom. The van der Waals surface area contributed by atoms with Crippen LogP contribution in [0.1, 0.15) is 30.9 Å². The number of hydrogen-bond donors (Lipinski definition) is 1. The van der Waals surface area contributed by atoms with Gasteiger partial charge in [0.15, 0.2) is 0 Å². The molecule has 0 bridgehead atoms. The van der Waals surface area contributed by atoms with Crippen LogP contribution >= 0.6 is 15.9 Å². The highest BCUT2D eigenvalue weighted by Crippen LogP contribution is 2.31. The van der Waals surface area contributed by atoms with Crippen molar-refractivity contribution >= 4 is 15.9 Å². The Kier molecular flexibility index (Phi) is 4.38.